The van der Waals surface area contributed by atoms with Gasteiger partial charge in [-0.05, 0) is 48.6 Å². The van der Waals surface area contributed by atoms with Crippen LogP contribution in [0.15, 0.2) is 35.3 Å². The van der Waals surface area contributed by atoms with Gasteiger partial charge in [-0.25, -0.2) is 9.17 Å². The standard InChI is InChI=1S/C16H16N4O2S/c1-19(9-12-6-7-17-23-12)15(21)10-2-5-13-14(8-10)20(11-3-4-11)16(22)18-13/h2,5-8,11H,3-4,9H2,1H3,(H,18,22). The molecule has 1 fully saturated rings. The van der Waals surface area contributed by atoms with Crippen LogP contribution in [0.3, 0.4) is 0 Å². The summed E-state index contributed by atoms with van der Waals surface area (Å²) in [5, 5.41) is 0. The molecule has 4 rings (SSSR count). The average Bonchev–Trinajstić information content (AvgIpc) is 3.13. The zero-order chi connectivity index (χ0) is 16.0. The monoisotopic (exact) mass is 328 g/mol. The fourth-order valence-electron chi connectivity index (χ4n) is 2.80. The van der Waals surface area contributed by atoms with Crippen LogP contribution in [0, 0.1) is 0 Å². The maximum atomic E-state index is 12.6. The Morgan fingerprint density at radius 1 is 1.43 bits per heavy atom. The summed E-state index contributed by atoms with van der Waals surface area (Å²) in [6.45, 7) is 0.532. The summed E-state index contributed by atoms with van der Waals surface area (Å²) in [7, 11) is 1.78. The van der Waals surface area contributed by atoms with Crippen LogP contribution < -0.4 is 5.69 Å². The third kappa shape index (κ3) is 2.57. The predicted octanol–water partition coefficient (Wildman–Crippen LogP) is 2.39. The summed E-state index contributed by atoms with van der Waals surface area (Å²) in [6, 6.07) is 7.58. The summed E-state index contributed by atoms with van der Waals surface area (Å²) in [5.74, 6) is -0.0590. The number of aromatic nitrogens is 3. The highest BCUT2D eigenvalue weighted by molar-refractivity contribution is 7.05. The summed E-state index contributed by atoms with van der Waals surface area (Å²) < 4.78 is 5.82. The second-order valence-electron chi connectivity index (χ2n) is 5.90. The number of nitrogens with zero attached hydrogens (tertiary/aromatic N) is 3. The number of fused-ring (bicyclic) bond motifs is 1. The number of hydrogen-bond acceptors (Lipinski definition) is 4. The van der Waals surface area contributed by atoms with Gasteiger partial charge in [-0.1, -0.05) is 0 Å². The number of amides is 1. The van der Waals surface area contributed by atoms with Crippen LogP contribution in [0.5, 0.6) is 0 Å². The topological polar surface area (TPSA) is 71.0 Å². The highest BCUT2D eigenvalue weighted by Crippen LogP contribution is 2.35. The van der Waals surface area contributed by atoms with Gasteiger partial charge < -0.3 is 9.88 Å². The van der Waals surface area contributed by atoms with Crippen molar-refractivity contribution in [3.63, 3.8) is 0 Å². The Balaban J connectivity index is 1.66. The van der Waals surface area contributed by atoms with E-state index in [1.807, 2.05) is 18.2 Å². The number of rotatable bonds is 4. The molecule has 1 aliphatic carbocycles. The van der Waals surface area contributed by atoms with Crippen LogP contribution in [0.2, 0.25) is 0 Å². The predicted molar refractivity (Wildman–Crippen MR) is 88.7 cm³/mol. The molecular weight excluding hydrogens is 312 g/mol. The zero-order valence-corrected chi connectivity index (χ0v) is 13.5. The molecule has 0 radical (unpaired) electrons. The van der Waals surface area contributed by atoms with Gasteiger partial charge in [0.05, 0.1) is 17.6 Å². The summed E-state index contributed by atoms with van der Waals surface area (Å²) in [4.78, 5) is 30.2. The van der Waals surface area contributed by atoms with Gasteiger partial charge in [-0.2, -0.15) is 0 Å². The van der Waals surface area contributed by atoms with Crippen molar-refractivity contribution in [1.82, 2.24) is 18.8 Å². The zero-order valence-electron chi connectivity index (χ0n) is 12.7. The highest BCUT2D eigenvalue weighted by Gasteiger charge is 2.27. The molecule has 0 spiro atoms. The fourth-order valence-corrected chi connectivity index (χ4v) is 3.43. The first-order valence-corrected chi connectivity index (χ1v) is 8.30. The molecule has 0 unspecified atom stereocenters. The number of H-pyrrole nitrogens is 1. The molecule has 1 N–H and O–H groups in total. The van der Waals surface area contributed by atoms with E-state index < -0.39 is 0 Å². The molecule has 6 nitrogen and oxygen atoms in total. The lowest BCUT2D eigenvalue weighted by Crippen LogP contribution is -2.25. The minimum atomic E-state index is -0.0925. The Labute approximate surface area is 136 Å². The summed E-state index contributed by atoms with van der Waals surface area (Å²) in [5.41, 5.74) is 2.10. The molecule has 118 valence electrons. The smallest absolute Gasteiger partial charge is 0.326 e. The van der Waals surface area contributed by atoms with Crippen LogP contribution in [-0.2, 0) is 6.54 Å². The first kappa shape index (κ1) is 14.2. The van der Waals surface area contributed by atoms with Crippen molar-refractivity contribution < 1.29 is 4.79 Å². The van der Waals surface area contributed by atoms with Crippen LogP contribution in [-0.4, -0.2) is 31.8 Å². The van der Waals surface area contributed by atoms with E-state index in [0.29, 0.717) is 12.1 Å². The van der Waals surface area contributed by atoms with Crippen LogP contribution in [0.25, 0.3) is 11.0 Å². The van der Waals surface area contributed by atoms with E-state index in [9.17, 15) is 9.59 Å². The van der Waals surface area contributed by atoms with Gasteiger partial charge in [0.15, 0.2) is 0 Å². The lowest BCUT2D eigenvalue weighted by atomic mass is 10.1. The molecular formula is C16H16N4O2S. The number of imidazole rings is 1. The van der Waals surface area contributed by atoms with E-state index in [4.69, 9.17) is 0 Å². The van der Waals surface area contributed by atoms with Crippen molar-refractivity contribution in [3.05, 3.63) is 51.4 Å². The van der Waals surface area contributed by atoms with E-state index in [1.165, 1.54) is 11.5 Å². The van der Waals surface area contributed by atoms with Crippen LogP contribution in [0.1, 0.15) is 34.1 Å². The van der Waals surface area contributed by atoms with Gasteiger partial charge in [0, 0.05) is 29.7 Å². The van der Waals surface area contributed by atoms with Crippen molar-refractivity contribution in [1.29, 1.82) is 0 Å². The largest absolute Gasteiger partial charge is 0.337 e. The maximum absolute atomic E-state index is 12.6. The first-order valence-electron chi connectivity index (χ1n) is 7.53. The first-order chi connectivity index (χ1) is 11.1. The molecule has 23 heavy (non-hydrogen) atoms. The summed E-state index contributed by atoms with van der Waals surface area (Å²) >= 11 is 1.39. The number of aromatic amines is 1. The summed E-state index contributed by atoms with van der Waals surface area (Å²) in [6.07, 6.45) is 3.78. The van der Waals surface area contributed by atoms with Crippen LogP contribution >= 0.6 is 11.5 Å². The van der Waals surface area contributed by atoms with Crippen molar-refractivity contribution in [2.24, 2.45) is 0 Å². The average molecular weight is 328 g/mol. The SMILES string of the molecule is CN(Cc1ccns1)C(=O)c1ccc2[nH]c(=O)n(C3CC3)c2c1. The van der Waals surface area contributed by atoms with Gasteiger partial charge in [-0.3, -0.25) is 9.36 Å². The third-order valence-corrected chi connectivity index (χ3v) is 4.83. The molecule has 2 heterocycles. The van der Waals surface area contributed by atoms with Gasteiger partial charge in [0.2, 0.25) is 0 Å². The Hall–Kier alpha value is -2.41. The number of hydrogen-bond donors (Lipinski definition) is 1. The van der Waals surface area contributed by atoms with Gasteiger partial charge in [-0.15, -0.1) is 0 Å². The van der Waals surface area contributed by atoms with E-state index in [2.05, 4.69) is 9.36 Å². The van der Waals surface area contributed by atoms with Gasteiger partial charge in [0.25, 0.3) is 5.91 Å². The van der Waals surface area contributed by atoms with Crippen LogP contribution in [0.4, 0.5) is 0 Å². The van der Waals surface area contributed by atoms with E-state index in [1.54, 1.807) is 28.8 Å². The van der Waals surface area contributed by atoms with E-state index in [0.717, 1.165) is 28.8 Å². The van der Waals surface area contributed by atoms with E-state index in [-0.39, 0.29) is 17.6 Å². The molecule has 1 aliphatic rings. The minimum absolute atomic E-state index is 0.0590. The van der Waals surface area contributed by atoms with Gasteiger partial charge in [0.1, 0.15) is 0 Å². The normalized spacial score (nSPS) is 14.3. The Morgan fingerprint density at radius 2 is 2.26 bits per heavy atom. The molecule has 3 aromatic rings. The molecule has 0 saturated heterocycles. The molecule has 7 heteroatoms. The van der Waals surface area contributed by atoms with Crippen molar-refractivity contribution >= 4 is 28.5 Å². The van der Waals surface area contributed by atoms with Crippen molar-refractivity contribution in [2.75, 3.05) is 7.05 Å². The number of nitrogens with one attached hydrogen (secondary N) is 1. The Morgan fingerprint density at radius 3 is 2.96 bits per heavy atom. The lowest BCUT2D eigenvalue weighted by molar-refractivity contribution is 0.0786. The van der Waals surface area contributed by atoms with E-state index >= 15 is 0 Å². The molecule has 1 saturated carbocycles. The third-order valence-electron chi connectivity index (χ3n) is 4.11. The molecule has 0 bridgehead atoms. The van der Waals surface area contributed by atoms with Crippen molar-refractivity contribution in [3.8, 4) is 0 Å². The molecule has 0 atom stereocenters. The minimum Gasteiger partial charge on any atom is -0.337 e. The number of carbonyl (C=O) groups excluding carboxylic acids is 1. The molecule has 1 amide bonds. The quantitative estimate of drug-likeness (QED) is 0.799. The maximum Gasteiger partial charge on any atom is 0.326 e. The van der Waals surface area contributed by atoms with Gasteiger partial charge >= 0.3 is 5.69 Å². The number of carbonyl (C=O) groups is 1. The molecule has 0 aliphatic heterocycles. The highest BCUT2D eigenvalue weighted by atomic mass is 32.1. The van der Waals surface area contributed by atoms with Crippen molar-refractivity contribution in [2.45, 2.75) is 25.4 Å². The second kappa shape index (κ2) is 5.34. The second-order valence-corrected chi connectivity index (χ2v) is 6.82. The fraction of sp³-hybridized carbons (Fsp3) is 0.312. The number of benzene rings is 1. The Bertz CT molecular complexity index is 921. The Kier molecular flexibility index (Phi) is 3.30. The molecule has 1 aromatic carbocycles. The lowest BCUT2D eigenvalue weighted by Gasteiger charge is -2.16. The molecule has 2 aromatic heterocycles.